The zero-order chi connectivity index (χ0) is 15.6. The number of ether oxygens (including phenoxy) is 1. The van der Waals surface area contributed by atoms with Gasteiger partial charge in [-0.25, -0.2) is 4.39 Å². The second-order valence-corrected chi connectivity index (χ2v) is 5.05. The van der Waals surface area contributed by atoms with Crippen LogP contribution in [0.15, 0.2) is 40.9 Å². The molecule has 0 spiro atoms. The van der Waals surface area contributed by atoms with Crippen LogP contribution < -0.4 is 10.5 Å². The molecule has 2 rings (SSSR count). The molecule has 7 heteroatoms. The van der Waals surface area contributed by atoms with Crippen molar-refractivity contribution < 1.29 is 22.3 Å². The van der Waals surface area contributed by atoms with Gasteiger partial charge in [-0.05, 0) is 35.9 Å². The molecule has 0 fully saturated rings. The highest BCUT2D eigenvalue weighted by molar-refractivity contribution is 9.10. The van der Waals surface area contributed by atoms with Crippen molar-refractivity contribution >= 4 is 15.9 Å². The number of halogens is 5. The second-order valence-electron chi connectivity index (χ2n) is 4.20. The van der Waals surface area contributed by atoms with Gasteiger partial charge < -0.3 is 10.5 Å². The van der Waals surface area contributed by atoms with Crippen molar-refractivity contribution in [3.63, 3.8) is 0 Å². The molecule has 2 aromatic rings. The van der Waals surface area contributed by atoms with Gasteiger partial charge in [0.2, 0.25) is 0 Å². The molecule has 0 atom stereocenters. The molecular weight excluding hydrogens is 354 g/mol. The van der Waals surface area contributed by atoms with Crippen molar-refractivity contribution in [1.29, 1.82) is 0 Å². The molecule has 0 aromatic heterocycles. The van der Waals surface area contributed by atoms with E-state index in [1.807, 2.05) is 0 Å². The third-order valence-corrected chi connectivity index (χ3v) is 3.46. The van der Waals surface area contributed by atoms with Gasteiger partial charge in [0.1, 0.15) is 17.3 Å². The summed E-state index contributed by atoms with van der Waals surface area (Å²) in [6.07, 6.45) is -4.77. The minimum Gasteiger partial charge on any atom is -0.457 e. The van der Waals surface area contributed by atoms with Gasteiger partial charge in [-0.1, -0.05) is 22.0 Å². The molecular formula is C14H10BrF4NO. The molecule has 0 aliphatic rings. The number of hydrogen-bond acceptors (Lipinski definition) is 2. The largest absolute Gasteiger partial charge is 0.457 e. The lowest BCUT2D eigenvalue weighted by molar-refractivity contribution is -0.140. The van der Waals surface area contributed by atoms with Crippen molar-refractivity contribution in [2.45, 2.75) is 12.7 Å². The van der Waals surface area contributed by atoms with Gasteiger partial charge in [0.05, 0.1) is 5.56 Å². The number of alkyl halides is 3. The Morgan fingerprint density at radius 3 is 2.24 bits per heavy atom. The van der Waals surface area contributed by atoms with E-state index in [4.69, 9.17) is 10.5 Å². The number of rotatable bonds is 3. The zero-order valence-electron chi connectivity index (χ0n) is 10.5. The summed E-state index contributed by atoms with van der Waals surface area (Å²) in [5.74, 6) is -1.12. The fraction of sp³-hybridized carbons (Fsp3) is 0.143. The molecule has 0 aliphatic carbocycles. The molecule has 2 nitrogen and oxygen atoms in total. The van der Waals surface area contributed by atoms with E-state index in [0.29, 0.717) is 22.8 Å². The smallest absolute Gasteiger partial charge is 0.419 e. The Hall–Kier alpha value is -1.60. The van der Waals surface area contributed by atoms with Crippen LogP contribution in [-0.2, 0) is 12.7 Å². The van der Waals surface area contributed by atoms with Crippen LogP contribution in [0.2, 0.25) is 0 Å². The Bertz CT molecular complexity index is 658. The van der Waals surface area contributed by atoms with E-state index in [2.05, 4.69) is 15.9 Å². The lowest BCUT2D eigenvalue weighted by Gasteiger charge is -2.12. The summed E-state index contributed by atoms with van der Waals surface area (Å²) in [6, 6.07) is 7.33. The molecule has 0 bridgehead atoms. The number of hydrogen-bond donors (Lipinski definition) is 1. The third-order valence-electron chi connectivity index (χ3n) is 2.72. The highest BCUT2D eigenvalue weighted by Gasteiger charge is 2.34. The first kappa shape index (κ1) is 15.8. The van der Waals surface area contributed by atoms with Gasteiger partial charge in [-0.2, -0.15) is 13.2 Å². The zero-order valence-corrected chi connectivity index (χ0v) is 12.1. The molecule has 0 unspecified atom stereocenters. The second kappa shape index (κ2) is 6.03. The van der Waals surface area contributed by atoms with E-state index >= 15 is 0 Å². The van der Waals surface area contributed by atoms with Crippen LogP contribution in [-0.4, -0.2) is 0 Å². The average molecular weight is 364 g/mol. The topological polar surface area (TPSA) is 35.2 Å². The predicted octanol–water partition coefficient (Wildman–Crippen LogP) is 4.86. The van der Waals surface area contributed by atoms with Gasteiger partial charge in [-0.15, -0.1) is 0 Å². The quantitative estimate of drug-likeness (QED) is 0.790. The van der Waals surface area contributed by atoms with E-state index < -0.39 is 17.6 Å². The summed E-state index contributed by atoms with van der Waals surface area (Å²) in [5.41, 5.74) is 4.97. The fourth-order valence-electron chi connectivity index (χ4n) is 1.68. The van der Waals surface area contributed by atoms with Crippen molar-refractivity contribution in [3.8, 4) is 11.5 Å². The first-order chi connectivity index (χ1) is 9.81. The van der Waals surface area contributed by atoms with Crippen LogP contribution in [0.25, 0.3) is 0 Å². The van der Waals surface area contributed by atoms with Crippen molar-refractivity contribution in [1.82, 2.24) is 0 Å². The summed E-state index contributed by atoms with van der Waals surface area (Å²) in [6.45, 7) is 0.315. The Morgan fingerprint density at radius 1 is 1.05 bits per heavy atom. The number of nitrogens with two attached hydrogens (primary N) is 1. The van der Waals surface area contributed by atoms with Crippen LogP contribution in [0.1, 0.15) is 11.1 Å². The Morgan fingerprint density at radius 2 is 1.67 bits per heavy atom. The lowest BCUT2D eigenvalue weighted by atomic mass is 10.2. The molecule has 0 saturated heterocycles. The Labute approximate surface area is 126 Å². The predicted molar refractivity (Wildman–Crippen MR) is 73.5 cm³/mol. The lowest BCUT2D eigenvalue weighted by Crippen LogP contribution is -2.08. The summed E-state index contributed by atoms with van der Waals surface area (Å²) in [7, 11) is 0. The minimum absolute atomic E-state index is 0.101. The Balaban J connectivity index is 2.30. The molecule has 0 aliphatic heterocycles. The van der Waals surface area contributed by atoms with Crippen molar-refractivity contribution in [3.05, 3.63) is 57.8 Å². The molecule has 0 amide bonds. The van der Waals surface area contributed by atoms with E-state index in [1.165, 1.54) is 0 Å². The van der Waals surface area contributed by atoms with Crippen LogP contribution in [0.5, 0.6) is 11.5 Å². The molecule has 2 N–H and O–H groups in total. The summed E-state index contributed by atoms with van der Waals surface area (Å²) >= 11 is 3.28. The van der Waals surface area contributed by atoms with E-state index in [1.54, 1.807) is 18.2 Å². The van der Waals surface area contributed by atoms with Gasteiger partial charge >= 0.3 is 6.18 Å². The van der Waals surface area contributed by atoms with Gasteiger partial charge in [-0.3, -0.25) is 0 Å². The minimum atomic E-state index is -4.77. The SMILES string of the molecule is NCc1ccc(Oc2ccc(F)c(C(F)(F)F)c2)cc1Br. The fourth-order valence-corrected chi connectivity index (χ4v) is 2.20. The highest BCUT2D eigenvalue weighted by atomic mass is 79.9. The van der Waals surface area contributed by atoms with Crippen LogP contribution in [0, 0.1) is 5.82 Å². The van der Waals surface area contributed by atoms with E-state index in [-0.39, 0.29) is 5.75 Å². The molecule has 0 saturated carbocycles. The van der Waals surface area contributed by atoms with Crippen molar-refractivity contribution in [2.24, 2.45) is 5.73 Å². The summed E-state index contributed by atoms with van der Waals surface area (Å²) in [5, 5.41) is 0. The van der Waals surface area contributed by atoms with Crippen molar-refractivity contribution in [2.75, 3.05) is 0 Å². The maximum Gasteiger partial charge on any atom is 0.419 e. The van der Waals surface area contributed by atoms with Crippen LogP contribution >= 0.6 is 15.9 Å². The van der Waals surface area contributed by atoms with E-state index in [0.717, 1.165) is 17.7 Å². The molecule has 0 radical (unpaired) electrons. The maximum atomic E-state index is 13.2. The molecule has 2 aromatic carbocycles. The van der Waals surface area contributed by atoms with Gasteiger partial charge in [0.15, 0.2) is 0 Å². The van der Waals surface area contributed by atoms with Gasteiger partial charge in [0, 0.05) is 11.0 Å². The summed E-state index contributed by atoms with van der Waals surface area (Å²) < 4.78 is 57.0. The standard InChI is InChI=1S/C14H10BrF4NO/c15-12-6-10(2-1-8(12)7-20)21-9-3-4-13(16)11(5-9)14(17,18)19/h1-6H,7,20H2. The molecule has 0 heterocycles. The molecule has 112 valence electrons. The van der Waals surface area contributed by atoms with Crippen LogP contribution in [0.3, 0.4) is 0 Å². The first-order valence-corrected chi connectivity index (χ1v) is 6.63. The monoisotopic (exact) mass is 363 g/mol. The number of benzene rings is 2. The normalized spacial score (nSPS) is 11.5. The Kier molecular flexibility index (Phi) is 4.53. The average Bonchev–Trinajstić information content (AvgIpc) is 2.40. The first-order valence-electron chi connectivity index (χ1n) is 5.84. The van der Waals surface area contributed by atoms with Crippen LogP contribution in [0.4, 0.5) is 17.6 Å². The van der Waals surface area contributed by atoms with Gasteiger partial charge in [0.25, 0.3) is 0 Å². The summed E-state index contributed by atoms with van der Waals surface area (Å²) in [4.78, 5) is 0. The third kappa shape index (κ3) is 3.74. The highest BCUT2D eigenvalue weighted by Crippen LogP contribution is 2.35. The molecule has 21 heavy (non-hydrogen) atoms. The maximum absolute atomic E-state index is 13.2. The van der Waals surface area contributed by atoms with E-state index in [9.17, 15) is 17.6 Å².